The molecule has 0 aromatic heterocycles. The van der Waals surface area contributed by atoms with Gasteiger partial charge in [0.25, 0.3) is 0 Å². The highest BCUT2D eigenvalue weighted by molar-refractivity contribution is 5.82. The van der Waals surface area contributed by atoms with Crippen LogP contribution in [0.5, 0.6) is 0 Å². The molecule has 16 heavy (non-hydrogen) atoms. The Kier molecular flexibility index (Phi) is 3.24. The van der Waals surface area contributed by atoms with Gasteiger partial charge in [-0.1, -0.05) is 19.8 Å². The number of carbonyl (C=O) groups excluding carboxylic acids is 1. The van der Waals surface area contributed by atoms with Crippen molar-refractivity contribution in [1.29, 1.82) is 0 Å². The molecule has 1 heterocycles. The van der Waals surface area contributed by atoms with Crippen LogP contribution in [0.2, 0.25) is 0 Å². The Labute approximate surface area is 98.4 Å². The fourth-order valence-corrected chi connectivity index (χ4v) is 2.92. The zero-order valence-corrected chi connectivity index (χ0v) is 10.6. The van der Waals surface area contributed by atoms with Crippen molar-refractivity contribution in [3.8, 4) is 0 Å². The van der Waals surface area contributed by atoms with Gasteiger partial charge in [0.05, 0.1) is 5.41 Å². The molecule has 0 spiro atoms. The predicted molar refractivity (Wildman–Crippen MR) is 65.2 cm³/mol. The van der Waals surface area contributed by atoms with Gasteiger partial charge in [-0.25, -0.2) is 0 Å². The first-order valence-corrected chi connectivity index (χ1v) is 6.53. The third-order valence-corrected chi connectivity index (χ3v) is 4.40. The molecule has 3 heteroatoms. The molecule has 2 N–H and O–H groups in total. The third kappa shape index (κ3) is 2.40. The van der Waals surface area contributed by atoms with Crippen molar-refractivity contribution >= 4 is 5.91 Å². The first-order valence-electron chi connectivity index (χ1n) is 6.53. The molecule has 1 saturated carbocycles. The molecule has 3 nitrogen and oxygen atoms in total. The second kappa shape index (κ2) is 4.36. The second-order valence-corrected chi connectivity index (χ2v) is 6.19. The molecule has 0 bridgehead atoms. The summed E-state index contributed by atoms with van der Waals surface area (Å²) >= 11 is 0. The molecule has 1 aliphatic heterocycles. The van der Waals surface area contributed by atoms with Crippen molar-refractivity contribution in [2.45, 2.75) is 46.0 Å². The molecule has 1 saturated heterocycles. The summed E-state index contributed by atoms with van der Waals surface area (Å²) in [5.41, 5.74) is 0.188. The molecule has 0 aromatic rings. The van der Waals surface area contributed by atoms with Crippen LogP contribution in [0.25, 0.3) is 0 Å². The normalized spacial score (nSPS) is 32.9. The lowest BCUT2D eigenvalue weighted by Gasteiger charge is -2.27. The molecule has 0 radical (unpaired) electrons. The minimum atomic E-state index is -0.172. The fraction of sp³-hybridized carbons (Fsp3) is 0.923. The fourth-order valence-electron chi connectivity index (χ4n) is 2.92. The number of hydrogen-bond donors (Lipinski definition) is 2. The summed E-state index contributed by atoms with van der Waals surface area (Å²) in [6.07, 6.45) is 6.15. The van der Waals surface area contributed by atoms with E-state index in [1.807, 2.05) is 0 Å². The second-order valence-electron chi connectivity index (χ2n) is 6.19. The highest BCUT2D eigenvalue weighted by Gasteiger charge is 2.37. The van der Waals surface area contributed by atoms with E-state index < -0.39 is 0 Å². The Morgan fingerprint density at radius 1 is 1.25 bits per heavy atom. The van der Waals surface area contributed by atoms with Crippen LogP contribution in [-0.2, 0) is 4.79 Å². The van der Waals surface area contributed by atoms with Crippen LogP contribution in [0.1, 0.15) is 46.0 Å². The van der Waals surface area contributed by atoms with Crippen molar-refractivity contribution in [3.05, 3.63) is 0 Å². The maximum atomic E-state index is 12.1. The van der Waals surface area contributed by atoms with Crippen LogP contribution in [0.4, 0.5) is 0 Å². The van der Waals surface area contributed by atoms with E-state index in [4.69, 9.17) is 0 Å². The molecule has 1 amide bonds. The van der Waals surface area contributed by atoms with Crippen LogP contribution >= 0.6 is 0 Å². The summed E-state index contributed by atoms with van der Waals surface area (Å²) in [6, 6.07) is 0. The third-order valence-electron chi connectivity index (χ3n) is 4.40. The first-order chi connectivity index (χ1) is 7.54. The lowest BCUT2D eigenvalue weighted by atomic mass is 9.86. The zero-order valence-electron chi connectivity index (χ0n) is 10.6. The molecule has 2 rings (SSSR count). The van der Waals surface area contributed by atoms with E-state index in [-0.39, 0.29) is 11.3 Å². The Morgan fingerprint density at radius 2 is 1.94 bits per heavy atom. The molecule has 1 unspecified atom stereocenters. The lowest BCUT2D eigenvalue weighted by molar-refractivity contribution is -0.129. The summed E-state index contributed by atoms with van der Waals surface area (Å²) < 4.78 is 0. The average Bonchev–Trinajstić information content (AvgIpc) is 2.86. The van der Waals surface area contributed by atoms with Gasteiger partial charge in [0.2, 0.25) is 5.91 Å². The standard InChI is InChI=1S/C13H24N2O/c1-12(5-3-4-6-12)9-15-11(16)13(2)7-8-14-10-13/h14H,3-10H2,1-2H3,(H,15,16). The minimum Gasteiger partial charge on any atom is -0.355 e. The summed E-state index contributed by atoms with van der Waals surface area (Å²) in [5, 5.41) is 6.44. The Bertz CT molecular complexity index is 263. The van der Waals surface area contributed by atoms with E-state index in [1.54, 1.807) is 0 Å². The van der Waals surface area contributed by atoms with E-state index in [9.17, 15) is 4.79 Å². The molecule has 1 aliphatic carbocycles. The van der Waals surface area contributed by atoms with Gasteiger partial charge in [0.15, 0.2) is 0 Å². The van der Waals surface area contributed by atoms with Gasteiger partial charge in [-0.2, -0.15) is 0 Å². The van der Waals surface area contributed by atoms with E-state index >= 15 is 0 Å². The van der Waals surface area contributed by atoms with Gasteiger partial charge in [0, 0.05) is 13.1 Å². The van der Waals surface area contributed by atoms with Crippen LogP contribution in [0.3, 0.4) is 0 Å². The maximum absolute atomic E-state index is 12.1. The van der Waals surface area contributed by atoms with Gasteiger partial charge in [0.1, 0.15) is 0 Å². The van der Waals surface area contributed by atoms with E-state index in [0.29, 0.717) is 5.41 Å². The lowest BCUT2D eigenvalue weighted by Crippen LogP contribution is -2.44. The molecule has 92 valence electrons. The molecular formula is C13H24N2O. The smallest absolute Gasteiger partial charge is 0.227 e. The van der Waals surface area contributed by atoms with Crippen molar-refractivity contribution in [2.24, 2.45) is 10.8 Å². The van der Waals surface area contributed by atoms with Crippen molar-refractivity contribution in [1.82, 2.24) is 10.6 Å². The largest absolute Gasteiger partial charge is 0.355 e. The summed E-state index contributed by atoms with van der Waals surface area (Å²) in [7, 11) is 0. The molecule has 1 atom stereocenters. The monoisotopic (exact) mass is 224 g/mol. The van der Waals surface area contributed by atoms with Gasteiger partial charge >= 0.3 is 0 Å². The van der Waals surface area contributed by atoms with E-state index in [0.717, 1.165) is 26.1 Å². The number of hydrogen-bond acceptors (Lipinski definition) is 2. The number of nitrogens with one attached hydrogen (secondary N) is 2. The Hall–Kier alpha value is -0.570. The highest BCUT2D eigenvalue weighted by atomic mass is 16.2. The number of rotatable bonds is 3. The van der Waals surface area contributed by atoms with Crippen molar-refractivity contribution in [3.63, 3.8) is 0 Å². The highest BCUT2D eigenvalue weighted by Crippen LogP contribution is 2.37. The molecular weight excluding hydrogens is 200 g/mol. The summed E-state index contributed by atoms with van der Waals surface area (Å²) in [6.45, 7) is 7.03. The first kappa shape index (κ1) is 11.9. The number of amides is 1. The van der Waals surface area contributed by atoms with Crippen molar-refractivity contribution in [2.75, 3.05) is 19.6 Å². The summed E-state index contributed by atoms with van der Waals surface area (Å²) in [4.78, 5) is 12.1. The van der Waals surface area contributed by atoms with Crippen LogP contribution < -0.4 is 10.6 Å². The molecule has 2 aliphatic rings. The predicted octanol–water partition coefficient (Wildman–Crippen LogP) is 1.68. The maximum Gasteiger partial charge on any atom is 0.227 e. The van der Waals surface area contributed by atoms with Crippen LogP contribution in [0.15, 0.2) is 0 Å². The van der Waals surface area contributed by atoms with Crippen LogP contribution in [0, 0.1) is 10.8 Å². The van der Waals surface area contributed by atoms with Gasteiger partial charge in [-0.3, -0.25) is 4.79 Å². The Morgan fingerprint density at radius 3 is 2.50 bits per heavy atom. The quantitative estimate of drug-likeness (QED) is 0.766. The van der Waals surface area contributed by atoms with Crippen molar-refractivity contribution < 1.29 is 4.79 Å². The Balaban J connectivity index is 1.83. The summed E-state index contributed by atoms with van der Waals surface area (Å²) in [5.74, 6) is 0.241. The van der Waals surface area contributed by atoms with Crippen LogP contribution in [-0.4, -0.2) is 25.5 Å². The van der Waals surface area contributed by atoms with Gasteiger partial charge < -0.3 is 10.6 Å². The number of carbonyl (C=O) groups is 1. The SMILES string of the molecule is CC1(CNC(=O)C2(C)CCNC2)CCCC1. The topological polar surface area (TPSA) is 41.1 Å². The van der Waals surface area contributed by atoms with Gasteiger partial charge in [-0.15, -0.1) is 0 Å². The zero-order chi connectivity index (χ0) is 11.6. The molecule has 0 aromatic carbocycles. The van der Waals surface area contributed by atoms with Gasteiger partial charge in [-0.05, 0) is 38.1 Å². The van der Waals surface area contributed by atoms with E-state index in [1.165, 1.54) is 25.7 Å². The average molecular weight is 224 g/mol. The minimum absolute atomic E-state index is 0.172. The van der Waals surface area contributed by atoms with E-state index in [2.05, 4.69) is 24.5 Å². The molecule has 2 fully saturated rings.